The van der Waals surface area contributed by atoms with Crippen LogP contribution in [0, 0.1) is 13.8 Å². The Morgan fingerprint density at radius 2 is 0.977 bits per heavy atom. The van der Waals surface area contributed by atoms with Crippen molar-refractivity contribution in [3.8, 4) is 23.0 Å². The lowest BCUT2D eigenvalue weighted by Crippen LogP contribution is -2.65. The Bertz CT molecular complexity index is 2050. The van der Waals surface area contributed by atoms with Crippen LogP contribution in [0.5, 0.6) is 23.0 Å². The lowest BCUT2D eigenvalue weighted by Gasteiger charge is -2.52. The summed E-state index contributed by atoms with van der Waals surface area (Å²) in [5, 5.41) is 0. The molecule has 43 heavy (non-hydrogen) atoms. The van der Waals surface area contributed by atoms with Gasteiger partial charge in [-0.25, -0.2) is 0 Å². The Morgan fingerprint density at radius 1 is 0.488 bits per heavy atom. The maximum absolute atomic E-state index is 6.71. The van der Waals surface area contributed by atoms with Crippen molar-refractivity contribution in [1.29, 1.82) is 0 Å². The summed E-state index contributed by atoms with van der Waals surface area (Å²) in [6, 6.07) is 44.1. The van der Waals surface area contributed by atoms with E-state index in [2.05, 4.69) is 134 Å². The zero-order valence-corrected chi connectivity index (χ0v) is 23.9. The van der Waals surface area contributed by atoms with Gasteiger partial charge in [-0.05, 0) is 95.6 Å². The standard InChI is InChI=1S/C39H26BNO2/c1-23-17-19-30-28(21-23)39(29-22-24(2)18-20-31(29)41(30)25-9-4-3-5-10-25)26-11-6-13-32-36(26)40-37-27(39)12-7-14-33(37)43-35-16-8-15-34(42-32)38(35)40/h3-22H,1-2H3. The summed E-state index contributed by atoms with van der Waals surface area (Å²) >= 11 is 0. The number of hydrogen-bond donors (Lipinski definition) is 0. The molecule has 0 aromatic heterocycles. The van der Waals surface area contributed by atoms with Crippen LogP contribution in [-0.4, -0.2) is 6.71 Å². The Labute approximate surface area is 251 Å². The third kappa shape index (κ3) is 2.77. The molecule has 6 aromatic rings. The van der Waals surface area contributed by atoms with E-state index in [9.17, 15) is 0 Å². The van der Waals surface area contributed by atoms with Crippen LogP contribution in [0.4, 0.5) is 17.1 Å². The smallest absolute Gasteiger partial charge is 0.261 e. The fourth-order valence-electron chi connectivity index (χ4n) is 8.32. The van der Waals surface area contributed by atoms with Crippen molar-refractivity contribution in [3.05, 3.63) is 155 Å². The van der Waals surface area contributed by atoms with Crippen molar-refractivity contribution in [2.24, 2.45) is 0 Å². The van der Waals surface area contributed by atoms with Crippen LogP contribution < -0.4 is 30.8 Å². The van der Waals surface area contributed by atoms with E-state index in [0.717, 1.165) is 34.1 Å². The van der Waals surface area contributed by atoms with Gasteiger partial charge in [-0.15, -0.1) is 0 Å². The molecule has 10 rings (SSSR count). The van der Waals surface area contributed by atoms with Gasteiger partial charge in [0, 0.05) is 11.2 Å². The molecule has 4 aliphatic rings. The molecule has 0 saturated heterocycles. The summed E-state index contributed by atoms with van der Waals surface area (Å²) < 4.78 is 13.4. The Hall–Kier alpha value is -5.22. The number of benzene rings is 6. The number of ether oxygens (including phenoxy) is 2. The molecule has 0 saturated carbocycles. The minimum absolute atomic E-state index is 0.0467. The highest BCUT2D eigenvalue weighted by molar-refractivity contribution is 6.99. The highest BCUT2D eigenvalue weighted by atomic mass is 16.5. The maximum Gasteiger partial charge on any atom is 0.261 e. The van der Waals surface area contributed by atoms with Gasteiger partial charge in [-0.2, -0.15) is 0 Å². The van der Waals surface area contributed by atoms with Gasteiger partial charge in [-0.1, -0.05) is 83.9 Å². The van der Waals surface area contributed by atoms with Crippen LogP contribution in [0.2, 0.25) is 0 Å². The molecule has 0 unspecified atom stereocenters. The summed E-state index contributed by atoms with van der Waals surface area (Å²) in [6.45, 7) is 4.45. The second-order valence-electron chi connectivity index (χ2n) is 12.2. The van der Waals surface area contributed by atoms with Crippen LogP contribution in [0.3, 0.4) is 0 Å². The average molecular weight is 551 g/mol. The van der Waals surface area contributed by atoms with Crippen molar-refractivity contribution in [1.82, 2.24) is 0 Å². The molecular formula is C39H26BNO2. The van der Waals surface area contributed by atoms with Crippen LogP contribution in [0.1, 0.15) is 33.4 Å². The van der Waals surface area contributed by atoms with Gasteiger partial charge >= 0.3 is 0 Å². The summed E-state index contributed by atoms with van der Waals surface area (Å²) in [5.74, 6) is 3.63. The third-order valence-corrected chi connectivity index (χ3v) is 9.88. The van der Waals surface area contributed by atoms with Crippen LogP contribution in [-0.2, 0) is 5.41 Å². The minimum Gasteiger partial charge on any atom is -0.458 e. The second kappa shape index (κ2) is 7.99. The molecule has 4 aliphatic heterocycles. The molecule has 0 amide bonds. The zero-order chi connectivity index (χ0) is 28.4. The highest BCUT2D eigenvalue weighted by Gasteiger charge is 2.57. The molecule has 4 heteroatoms. The van der Waals surface area contributed by atoms with E-state index in [1.165, 1.54) is 55.7 Å². The molecule has 0 atom stereocenters. The molecule has 1 spiro atoms. The number of para-hydroxylation sites is 1. The zero-order valence-electron chi connectivity index (χ0n) is 23.9. The number of aryl methyl sites for hydroxylation is 2. The van der Waals surface area contributed by atoms with Gasteiger partial charge in [0.25, 0.3) is 6.71 Å². The fourth-order valence-corrected chi connectivity index (χ4v) is 8.32. The second-order valence-corrected chi connectivity index (χ2v) is 12.2. The average Bonchev–Trinajstić information content (AvgIpc) is 3.03. The molecular weight excluding hydrogens is 525 g/mol. The first kappa shape index (κ1) is 23.4. The predicted molar refractivity (Wildman–Crippen MR) is 174 cm³/mol. The van der Waals surface area contributed by atoms with Crippen molar-refractivity contribution in [3.63, 3.8) is 0 Å². The normalized spacial score (nSPS) is 15.2. The number of fused-ring (bicyclic) bond motifs is 6. The first-order chi connectivity index (χ1) is 21.1. The largest absolute Gasteiger partial charge is 0.458 e. The molecule has 0 N–H and O–H groups in total. The molecule has 202 valence electrons. The van der Waals surface area contributed by atoms with Crippen LogP contribution in [0.25, 0.3) is 0 Å². The predicted octanol–water partition coefficient (Wildman–Crippen LogP) is 7.51. The van der Waals surface area contributed by atoms with Crippen molar-refractivity contribution >= 4 is 40.2 Å². The van der Waals surface area contributed by atoms with Gasteiger partial charge in [-0.3, -0.25) is 0 Å². The highest BCUT2D eigenvalue weighted by Crippen LogP contribution is 2.59. The Morgan fingerprint density at radius 3 is 1.51 bits per heavy atom. The SMILES string of the molecule is Cc1ccc2c(c1)C1(c3cc(C)ccc3N2c2ccccc2)c2cccc3c2B2c4c(cccc4Oc4cccc1c42)O3. The van der Waals surface area contributed by atoms with E-state index in [0.29, 0.717) is 0 Å². The number of hydrogen-bond acceptors (Lipinski definition) is 3. The molecule has 0 radical (unpaired) electrons. The van der Waals surface area contributed by atoms with Crippen molar-refractivity contribution < 1.29 is 9.47 Å². The lowest BCUT2D eigenvalue weighted by molar-refractivity contribution is 0.461. The first-order valence-electron chi connectivity index (χ1n) is 15.0. The summed E-state index contributed by atoms with van der Waals surface area (Å²) in [6.07, 6.45) is 0. The van der Waals surface area contributed by atoms with E-state index in [1.54, 1.807) is 0 Å². The monoisotopic (exact) mass is 551 g/mol. The quantitative estimate of drug-likeness (QED) is 0.197. The van der Waals surface area contributed by atoms with E-state index in [4.69, 9.17) is 9.47 Å². The maximum atomic E-state index is 6.71. The minimum atomic E-state index is -0.572. The van der Waals surface area contributed by atoms with Crippen molar-refractivity contribution in [2.45, 2.75) is 19.3 Å². The number of anilines is 3. The lowest BCUT2D eigenvalue weighted by atomic mass is 9.29. The first-order valence-corrected chi connectivity index (χ1v) is 15.0. The third-order valence-electron chi connectivity index (χ3n) is 9.88. The Kier molecular flexibility index (Phi) is 4.34. The van der Waals surface area contributed by atoms with Gasteiger partial charge < -0.3 is 14.4 Å². The van der Waals surface area contributed by atoms with Gasteiger partial charge in [0.05, 0.1) is 16.8 Å². The van der Waals surface area contributed by atoms with E-state index < -0.39 is 5.41 Å². The molecule has 0 aliphatic carbocycles. The van der Waals surface area contributed by atoms with Gasteiger partial charge in [0.15, 0.2) is 0 Å². The van der Waals surface area contributed by atoms with Gasteiger partial charge in [0.2, 0.25) is 0 Å². The molecule has 6 aromatic carbocycles. The number of nitrogens with zero attached hydrogens (tertiary/aromatic N) is 1. The topological polar surface area (TPSA) is 21.7 Å². The fraction of sp³-hybridized carbons (Fsp3) is 0.0769. The van der Waals surface area contributed by atoms with Crippen LogP contribution in [0.15, 0.2) is 121 Å². The van der Waals surface area contributed by atoms with Gasteiger partial charge in [0.1, 0.15) is 23.0 Å². The van der Waals surface area contributed by atoms with E-state index in [1.807, 2.05) is 6.07 Å². The van der Waals surface area contributed by atoms with E-state index >= 15 is 0 Å². The van der Waals surface area contributed by atoms with Crippen LogP contribution >= 0.6 is 0 Å². The Balaban J connectivity index is 1.42. The summed E-state index contributed by atoms with van der Waals surface area (Å²) in [4.78, 5) is 2.44. The number of rotatable bonds is 1. The van der Waals surface area contributed by atoms with Crippen molar-refractivity contribution in [2.75, 3.05) is 4.90 Å². The van der Waals surface area contributed by atoms with E-state index in [-0.39, 0.29) is 6.71 Å². The molecule has 0 fully saturated rings. The molecule has 4 heterocycles. The molecule has 0 bridgehead atoms. The summed E-state index contributed by atoms with van der Waals surface area (Å²) in [5.41, 5.74) is 14.2. The molecule has 3 nitrogen and oxygen atoms in total. The summed E-state index contributed by atoms with van der Waals surface area (Å²) in [7, 11) is 0.